The number of aryl methyl sites for hydroxylation is 2. The molecule has 2 aromatic heterocycles. The molecule has 0 amide bonds. The summed E-state index contributed by atoms with van der Waals surface area (Å²) in [6.07, 6.45) is 3.56. The highest BCUT2D eigenvalue weighted by molar-refractivity contribution is 5.81. The predicted molar refractivity (Wildman–Crippen MR) is 98.1 cm³/mol. The smallest absolute Gasteiger partial charge is 0.0964 e. The second-order valence-corrected chi connectivity index (χ2v) is 7.12. The lowest BCUT2D eigenvalue weighted by Crippen LogP contribution is -2.31. The fraction of sp³-hybridized carbons (Fsp3) is 0.400. The van der Waals surface area contributed by atoms with Crippen LogP contribution in [0.3, 0.4) is 0 Å². The molecule has 1 aromatic carbocycles. The topological polar surface area (TPSA) is 55.9 Å². The molecule has 25 heavy (non-hydrogen) atoms. The van der Waals surface area contributed by atoms with Gasteiger partial charge in [-0.2, -0.15) is 5.10 Å². The van der Waals surface area contributed by atoms with E-state index in [9.17, 15) is 5.11 Å². The van der Waals surface area contributed by atoms with Gasteiger partial charge in [-0.1, -0.05) is 30.3 Å². The summed E-state index contributed by atoms with van der Waals surface area (Å²) in [7, 11) is 1.98. The molecule has 0 saturated heterocycles. The zero-order chi connectivity index (χ0) is 17.6. The average Bonchev–Trinajstić information content (AvgIpc) is 3.08. The summed E-state index contributed by atoms with van der Waals surface area (Å²) in [5.74, 6) is 0.517. The van der Waals surface area contributed by atoms with Crippen LogP contribution in [0.2, 0.25) is 0 Å². The Bertz CT molecular complexity index is 888. The molecule has 0 atom stereocenters. The quantitative estimate of drug-likeness (QED) is 0.795. The summed E-state index contributed by atoms with van der Waals surface area (Å²) in [5.41, 5.74) is 6.58. The Kier molecular flexibility index (Phi) is 3.96. The minimum absolute atomic E-state index is 0.132. The van der Waals surface area contributed by atoms with Crippen LogP contribution in [0.25, 0.3) is 22.5 Å². The van der Waals surface area contributed by atoms with Crippen molar-refractivity contribution in [3.63, 3.8) is 0 Å². The van der Waals surface area contributed by atoms with Gasteiger partial charge < -0.3 is 9.67 Å². The van der Waals surface area contributed by atoms with Crippen molar-refractivity contribution in [2.45, 2.75) is 39.3 Å². The second-order valence-electron chi connectivity index (χ2n) is 7.12. The third kappa shape index (κ3) is 2.78. The number of benzene rings is 1. The maximum Gasteiger partial charge on any atom is 0.0964 e. The number of aliphatic hydroxyl groups excluding tert-OH is 1. The zero-order valence-electron chi connectivity index (χ0n) is 15.0. The van der Waals surface area contributed by atoms with E-state index < -0.39 is 0 Å². The van der Waals surface area contributed by atoms with Gasteiger partial charge in [-0.25, -0.2) is 4.98 Å². The number of nitrogens with zero attached hydrogens (tertiary/aromatic N) is 4. The summed E-state index contributed by atoms with van der Waals surface area (Å²) in [6.45, 7) is 5.05. The predicted octanol–water partition coefficient (Wildman–Crippen LogP) is 3.34. The molecule has 5 nitrogen and oxygen atoms in total. The van der Waals surface area contributed by atoms with Crippen molar-refractivity contribution < 1.29 is 5.11 Å². The van der Waals surface area contributed by atoms with Crippen LogP contribution in [0.15, 0.2) is 36.7 Å². The molecule has 1 aliphatic rings. The van der Waals surface area contributed by atoms with E-state index in [-0.39, 0.29) is 6.10 Å². The van der Waals surface area contributed by atoms with E-state index in [4.69, 9.17) is 4.98 Å². The molecule has 0 spiro atoms. The molecule has 3 aromatic rings. The molecular weight excluding hydrogens is 312 g/mol. The van der Waals surface area contributed by atoms with E-state index in [0.29, 0.717) is 5.92 Å². The van der Waals surface area contributed by atoms with Gasteiger partial charge in [0.1, 0.15) is 0 Å². The van der Waals surface area contributed by atoms with Crippen LogP contribution < -0.4 is 0 Å². The molecule has 5 heteroatoms. The lowest BCUT2D eigenvalue weighted by molar-refractivity contribution is 0.0354. The van der Waals surface area contributed by atoms with Crippen LogP contribution in [0.4, 0.5) is 0 Å². The van der Waals surface area contributed by atoms with Gasteiger partial charge in [0, 0.05) is 30.4 Å². The van der Waals surface area contributed by atoms with Gasteiger partial charge >= 0.3 is 0 Å². The van der Waals surface area contributed by atoms with Crippen LogP contribution in [-0.4, -0.2) is 30.5 Å². The first kappa shape index (κ1) is 16.1. The van der Waals surface area contributed by atoms with Crippen molar-refractivity contribution in [3.8, 4) is 22.5 Å². The Morgan fingerprint density at radius 3 is 2.48 bits per heavy atom. The van der Waals surface area contributed by atoms with Crippen molar-refractivity contribution in [1.29, 1.82) is 0 Å². The SMILES string of the molecule is Cc1nn(C)c(C)c1-c1c(-c2ccccc2)ncn1CC1CC(O)C1. The van der Waals surface area contributed by atoms with Gasteiger partial charge in [0.15, 0.2) is 0 Å². The summed E-state index contributed by atoms with van der Waals surface area (Å²) in [6, 6.07) is 10.3. The molecule has 2 heterocycles. The largest absolute Gasteiger partial charge is 0.393 e. The van der Waals surface area contributed by atoms with Crippen LogP contribution >= 0.6 is 0 Å². The van der Waals surface area contributed by atoms with Crippen LogP contribution in [0.1, 0.15) is 24.2 Å². The molecule has 1 N–H and O–H groups in total. The number of aromatic nitrogens is 4. The molecular formula is C20H24N4O. The van der Waals surface area contributed by atoms with Crippen molar-refractivity contribution in [2.24, 2.45) is 13.0 Å². The minimum atomic E-state index is -0.132. The Hall–Kier alpha value is -2.40. The third-order valence-electron chi connectivity index (χ3n) is 5.30. The monoisotopic (exact) mass is 336 g/mol. The first-order chi connectivity index (χ1) is 12.0. The highest BCUT2D eigenvalue weighted by Crippen LogP contribution is 2.37. The Balaban J connectivity index is 1.84. The van der Waals surface area contributed by atoms with Gasteiger partial charge in [-0.3, -0.25) is 4.68 Å². The molecule has 4 rings (SSSR count). The lowest BCUT2D eigenvalue weighted by atomic mass is 9.82. The molecule has 1 aliphatic carbocycles. The number of aliphatic hydroxyl groups is 1. The number of hydrogen-bond donors (Lipinski definition) is 1. The van der Waals surface area contributed by atoms with Crippen LogP contribution in [0.5, 0.6) is 0 Å². The molecule has 0 radical (unpaired) electrons. The molecule has 0 bridgehead atoms. The van der Waals surface area contributed by atoms with Gasteiger partial charge in [0.2, 0.25) is 0 Å². The van der Waals surface area contributed by atoms with Crippen LogP contribution in [0, 0.1) is 19.8 Å². The summed E-state index contributed by atoms with van der Waals surface area (Å²) < 4.78 is 4.18. The van der Waals surface area contributed by atoms with E-state index in [1.807, 2.05) is 36.3 Å². The molecule has 0 unspecified atom stereocenters. The van der Waals surface area contributed by atoms with E-state index >= 15 is 0 Å². The van der Waals surface area contributed by atoms with Crippen molar-refractivity contribution in [3.05, 3.63) is 48.0 Å². The third-order valence-corrected chi connectivity index (χ3v) is 5.30. The normalized spacial score (nSPS) is 19.8. The van der Waals surface area contributed by atoms with Gasteiger partial charge in [0.25, 0.3) is 0 Å². The fourth-order valence-corrected chi connectivity index (χ4v) is 3.83. The summed E-state index contributed by atoms with van der Waals surface area (Å²) >= 11 is 0. The summed E-state index contributed by atoms with van der Waals surface area (Å²) in [5, 5.41) is 14.2. The number of imidazole rings is 1. The van der Waals surface area contributed by atoms with Gasteiger partial charge in [0.05, 0.1) is 29.5 Å². The molecule has 1 saturated carbocycles. The first-order valence-electron chi connectivity index (χ1n) is 8.83. The number of rotatable bonds is 4. The lowest BCUT2D eigenvalue weighted by Gasteiger charge is -2.32. The van der Waals surface area contributed by atoms with Crippen LogP contribution in [-0.2, 0) is 13.6 Å². The Morgan fingerprint density at radius 2 is 1.88 bits per heavy atom. The maximum absolute atomic E-state index is 9.62. The van der Waals surface area contributed by atoms with Crippen molar-refractivity contribution >= 4 is 0 Å². The minimum Gasteiger partial charge on any atom is -0.393 e. The zero-order valence-corrected chi connectivity index (χ0v) is 15.0. The second kappa shape index (κ2) is 6.15. The highest BCUT2D eigenvalue weighted by Gasteiger charge is 2.29. The highest BCUT2D eigenvalue weighted by atomic mass is 16.3. The molecule has 1 fully saturated rings. The molecule has 0 aliphatic heterocycles. The van der Waals surface area contributed by atoms with Crippen molar-refractivity contribution in [2.75, 3.05) is 0 Å². The Morgan fingerprint density at radius 1 is 1.16 bits per heavy atom. The van der Waals surface area contributed by atoms with E-state index in [1.165, 1.54) is 5.56 Å². The molecule has 130 valence electrons. The Labute approximate surface area is 147 Å². The first-order valence-corrected chi connectivity index (χ1v) is 8.83. The maximum atomic E-state index is 9.62. The van der Waals surface area contributed by atoms with Gasteiger partial charge in [-0.05, 0) is 32.6 Å². The van der Waals surface area contributed by atoms with Crippen molar-refractivity contribution in [1.82, 2.24) is 19.3 Å². The van der Waals surface area contributed by atoms with Gasteiger partial charge in [-0.15, -0.1) is 0 Å². The van der Waals surface area contributed by atoms with E-state index in [1.54, 1.807) is 0 Å². The van der Waals surface area contributed by atoms with E-state index in [2.05, 4.69) is 35.6 Å². The summed E-state index contributed by atoms with van der Waals surface area (Å²) in [4.78, 5) is 4.75. The average molecular weight is 336 g/mol. The standard InChI is InChI=1S/C20H24N4O/c1-13-18(14(2)23(3)22-13)20-19(16-7-5-4-6-8-16)21-12-24(20)11-15-9-17(25)10-15/h4-8,12,15,17,25H,9-11H2,1-3H3. The number of hydrogen-bond acceptors (Lipinski definition) is 3. The fourth-order valence-electron chi connectivity index (χ4n) is 3.83. The van der Waals surface area contributed by atoms with E-state index in [0.717, 1.165) is 47.7 Å².